The normalized spacial score (nSPS) is 10.4. The van der Waals surface area contributed by atoms with Crippen molar-refractivity contribution in [3.63, 3.8) is 0 Å². The summed E-state index contributed by atoms with van der Waals surface area (Å²) < 4.78 is 0. The second kappa shape index (κ2) is 2.44. The first-order chi connectivity index (χ1) is 5.81. The lowest BCUT2D eigenvalue weighted by Crippen LogP contribution is -1.78. The van der Waals surface area contributed by atoms with Gasteiger partial charge in [0.25, 0.3) is 0 Å². The second-order valence-corrected chi connectivity index (χ2v) is 2.73. The third-order valence-corrected chi connectivity index (χ3v) is 1.90. The summed E-state index contributed by atoms with van der Waals surface area (Å²) in [6.45, 7) is 1.99. The number of pyridine rings is 1. The molecule has 60 valence electrons. The summed E-state index contributed by atoms with van der Waals surface area (Å²) in [7, 11) is 0. The third kappa shape index (κ3) is 0.906. The van der Waals surface area contributed by atoms with Gasteiger partial charge in [0.15, 0.2) is 6.29 Å². The van der Waals surface area contributed by atoms with E-state index in [4.69, 9.17) is 0 Å². The molecule has 0 saturated heterocycles. The summed E-state index contributed by atoms with van der Waals surface area (Å²) in [6, 6.07) is 3.73. The van der Waals surface area contributed by atoms with Gasteiger partial charge in [0, 0.05) is 11.6 Å². The fourth-order valence-electron chi connectivity index (χ4n) is 1.24. The molecule has 2 aromatic rings. The topological polar surface area (TPSA) is 45.8 Å². The zero-order valence-electron chi connectivity index (χ0n) is 6.66. The molecule has 0 amide bonds. The lowest BCUT2D eigenvalue weighted by atomic mass is 10.2. The summed E-state index contributed by atoms with van der Waals surface area (Å²) in [5.74, 6) is 0. The van der Waals surface area contributed by atoms with Gasteiger partial charge in [-0.25, -0.2) is 4.98 Å². The number of rotatable bonds is 1. The van der Waals surface area contributed by atoms with Gasteiger partial charge in [-0.3, -0.25) is 4.79 Å². The molecule has 0 aliphatic carbocycles. The molecule has 2 rings (SSSR count). The molecule has 3 heteroatoms. The average Bonchev–Trinajstić information content (AvgIpc) is 2.49. The number of nitrogens with zero attached hydrogens (tertiary/aromatic N) is 1. The first-order valence-corrected chi connectivity index (χ1v) is 3.71. The number of aromatic amines is 1. The second-order valence-electron chi connectivity index (χ2n) is 2.73. The van der Waals surface area contributed by atoms with Crippen LogP contribution in [-0.4, -0.2) is 16.3 Å². The number of H-pyrrole nitrogens is 1. The van der Waals surface area contributed by atoms with Gasteiger partial charge in [-0.15, -0.1) is 0 Å². The highest BCUT2D eigenvalue weighted by Crippen LogP contribution is 2.15. The first kappa shape index (κ1) is 7.03. The molecular formula is C9H8N2O. The Morgan fingerprint density at radius 1 is 1.58 bits per heavy atom. The molecule has 0 unspecified atom stereocenters. The molecular weight excluding hydrogens is 152 g/mol. The Hall–Kier alpha value is -1.64. The number of aldehydes is 1. The molecule has 0 saturated carbocycles. The van der Waals surface area contributed by atoms with Gasteiger partial charge < -0.3 is 4.98 Å². The Labute approximate surface area is 69.4 Å². The van der Waals surface area contributed by atoms with Crippen molar-refractivity contribution in [2.75, 3.05) is 0 Å². The Balaban J connectivity index is 2.82. The number of hydrogen-bond acceptors (Lipinski definition) is 2. The summed E-state index contributed by atoms with van der Waals surface area (Å²) in [5.41, 5.74) is 2.48. The predicted molar refractivity (Wildman–Crippen MR) is 46.2 cm³/mol. The largest absolute Gasteiger partial charge is 0.337 e. The number of fused-ring (bicyclic) bond motifs is 1. The molecule has 0 aromatic carbocycles. The number of aryl methyl sites for hydroxylation is 1. The fourth-order valence-corrected chi connectivity index (χ4v) is 1.24. The highest BCUT2D eigenvalue weighted by molar-refractivity contribution is 5.87. The number of aromatic nitrogens is 2. The predicted octanol–water partition coefficient (Wildman–Crippen LogP) is 1.68. The van der Waals surface area contributed by atoms with E-state index in [-0.39, 0.29) is 0 Å². The Bertz CT molecular complexity index is 431. The van der Waals surface area contributed by atoms with Crippen LogP contribution < -0.4 is 0 Å². The van der Waals surface area contributed by atoms with E-state index < -0.39 is 0 Å². The van der Waals surface area contributed by atoms with Crippen LogP contribution >= 0.6 is 0 Å². The van der Waals surface area contributed by atoms with Gasteiger partial charge in [-0.1, -0.05) is 0 Å². The molecule has 0 spiro atoms. The summed E-state index contributed by atoms with van der Waals surface area (Å²) in [6.07, 6.45) is 2.52. The molecule has 0 aliphatic heterocycles. The minimum atomic E-state index is 0.576. The van der Waals surface area contributed by atoms with Gasteiger partial charge >= 0.3 is 0 Å². The maximum Gasteiger partial charge on any atom is 0.166 e. The minimum absolute atomic E-state index is 0.576. The number of nitrogens with one attached hydrogen (secondary N) is 1. The van der Waals surface area contributed by atoms with Crippen molar-refractivity contribution in [1.82, 2.24) is 9.97 Å². The number of hydrogen-bond donors (Lipinski definition) is 1. The van der Waals surface area contributed by atoms with E-state index in [1.165, 1.54) is 0 Å². The van der Waals surface area contributed by atoms with Gasteiger partial charge in [0.2, 0.25) is 0 Å². The third-order valence-electron chi connectivity index (χ3n) is 1.90. The highest BCUT2D eigenvalue weighted by atomic mass is 16.1. The Kier molecular flexibility index (Phi) is 1.43. The van der Waals surface area contributed by atoms with Crippen LogP contribution in [0.15, 0.2) is 18.3 Å². The molecule has 0 radical (unpaired) electrons. The molecule has 3 nitrogen and oxygen atoms in total. The van der Waals surface area contributed by atoms with Crippen LogP contribution in [0.1, 0.15) is 16.1 Å². The van der Waals surface area contributed by atoms with Crippen molar-refractivity contribution < 1.29 is 4.79 Å². The minimum Gasteiger partial charge on any atom is -0.337 e. The van der Waals surface area contributed by atoms with Gasteiger partial charge in [0.05, 0.1) is 5.69 Å². The van der Waals surface area contributed by atoms with Crippen molar-refractivity contribution in [2.24, 2.45) is 0 Å². The van der Waals surface area contributed by atoms with Crippen LogP contribution in [0.2, 0.25) is 0 Å². The van der Waals surface area contributed by atoms with E-state index >= 15 is 0 Å². The summed E-state index contributed by atoms with van der Waals surface area (Å²) in [4.78, 5) is 17.4. The van der Waals surface area contributed by atoms with Crippen molar-refractivity contribution in [3.05, 3.63) is 29.6 Å². The standard InChI is InChI=1S/C9H8N2O/c1-6-2-3-10-9-8(6)4-7(5-12)11-9/h2-5H,1H3,(H,10,11). The molecule has 0 bridgehead atoms. The first-order valence-electron chi connectivity index (χ1n) is 3.71. The SMILES string of the molecule is Cc1ccnc2[nH]c(C=O)cc12. The van der Waals surface area contributed by atoms with E-state index in [0.717, 1.165) is 22.9 Å². The summed E-state index contributed by atoms with van der Waals surface area (Å²) in [5, 5.41) is 1.01. The lowest BCUT2D eigenvalue weighted by Gasteiger charge is -1.91. The van der Waals surface area contributed by atoms with Crippen LogP contribution in [0, 0.1) is 6.92 Å². The molecule has 2 aromatic heterocycles. The zero-order valence-corrected chi connectivity index (χ0v) is 6.66. The molecule has 1 N–H and O–H groups in total. The number of carbonyl (C=O) groups is 1. The maximum absolute atomic E-state index is 10.4. The Morgan fingerprint density at radius 2 is 2.42 bits per heavy atom. The van der Waals surface area contributed by atoms with Gasteiger partial charge in [-0.05, 0) is 24.6 Å². The van der Waals surface area contributed by atoms with Crippen LogP contribution in [0.3, 0.4) is 0 Å². The van der Waals surface area contributed by atoms with Crippen LogP contribution in [0.4, 0.5) is 0 Å². The van der Waals surface area contributed by atoms with E-state index in [1.807, 2.05) is 19.1 Å². The van der Waals surface area contributed by atoms with Gasteiger partial charge in [-0.2, -0.15) is 0 Å². The average molecular weight is 160 g/mol. The van der Waals surface area contributed by atoms with Crippen LogP contribution in [0.5, 0.6) is 0 Å². The van der Waals surface area contributed by atoms with E-state index in [1.54, 1.807) is 6.20 Å². The van der Waals surface area contributed by atoms with E-state index in [2.05, 4.69) is 9.97 Å². The van der Waals surface area contributed by atoms with Crippen molar-refractivity contribution in [3.8, 4) is 0 Å². The van der Waals surface area contributed by atoms with Crippen LogP contribution in [-0.2, 0) is 0 Å². The highest BCUT2D eigenvalue weighted by Gasteiger charge is 2.01. The summed E-state index contributed by atoms with van der Waals surface area (Å²) >= 11 is 0. The molecule has 12 heavy (non-hydrogen) atoms. The molecule has 0 aliphatic rings. The molecule has 0 atom stereocenters. The van der Waals surface area contributed by atoms with Crippen molar-refractivity contribution in [2.45, 2.75) is 6.92 Å². The smallest absolute Gasteiger partial charge is 0.166 e. The monoisotopic (exact) mass is 160 g/mol. The quantitative estimate of drug-likeness (QED) is 0.645. The number of carbonyl (C=O) groups excluding carboxylic acids is 1. The Morgan fingerprint density at radius 3 is 3.08 bits per heavy atom. The molecule has 0 fully saturated rings. The van der Waals surface area contributed by atoms with E-state index in [9.17, 15) is 4.79 Å². The zero-order chi connectivity index (χ0) is 8.55. The fraction of sp³-hybridized carbons (Fsp3) is 0.111. The lowest BCUT2D eigenvalue weighted by molar-refractivity contribution is 0.112. The molecule has 2 heterocycles. The van der Waals surface area contributed by atoms with Crippen LogP contribution in [0.25, 0.3) is 11.0 Å². The van der Waals surface area contributed by atoms with E-state index in [0.29, 0.717) is 5.69 Å². The maximum atomic E-state index is 10.4. The van der Waals surface area contributed by atoms with Gasteiger partial charge in [0.1, 0.15) is 5.65 Å². The van der Waals surface area contributed by atoms with Crippen molar-refractivity contribution in [1.29, 1.82) is 0 Å². The van der Waals surface area contributed by atoms with Crippen molar-refractivity contribution >= 4 is 17.3 Å².